The van der Waals surface area contributed by atoms with Crippen molar-refractivity contribution in [2.75, 3.05) is 19.6 Å². The lowest BCUT2D eigenvalue weighted by Crippen LogP contribution is -2.40. The van der Waals surface area contributed by atoms with E-state index in [0.29, 0.717) is 5.56 Å². The number of fused-ring (bicyclic) bond motifs is 1. The quantitative estimate of drug-likeness (QED) is 0.800. The molecular weight excluding hydrogens is 276 g/mol. The molecule has 0 N–H and O–H groups in total. The summed E-state index contributed by atoms with van der Waals surface area (Å²) in [5.41, 5.74) is 1.86. The van der Waals surface area contributed by atoms with Crippen LogP contribution in [0.3, 0.4) is 0 Å². The molecule has 0 atom stereocenters. The predicted octanol–water partition coefficient (Wildman–Crippen LogP) is 3.00. The molecule has 2 heterocycles. The molecule has 1 saturated heterocycles. The highest BCUT2D eigenvalue weighted by Gasteiger charge is 2.24. The molecule has 1 aromatic rings. The Morgan fingerprint density at radius 2 is 1.95 bits per heavy atom. The molecule has 0 aliphatic carbocycles. The first-order valence-electron chi connectivity index (χ1n) is 8.13. The van der Waals surface area contributed by atoms with Crippen molar-refractivity contribution >= 4 is 5.97 Å². The Morgan fingerprint density at radius 3 is 2.68 bits per heavy atom. The van der Waals surface area contributed by atoms with Crippen molar-refractivity contribution in [3.63, 3.8) is 0 Å². The number of esters is 1. The van der Waals surface area contributed by atoms with E-state index in [1.165, 1.54) is 24.4 Å². The Hall–Kier alpha value is -1.97. The van der Waals surface area contributed by atoms with Gasteiger partial charge in [-0.1, -0.05) is 12.1 Å². The third kappa shape index (κ3) is 3.26. The highest BCUT2D eigenvalue weighted by molar-refractivity contribution is 5.89. The fourth-order valence-corrected chi connectivity index (χ4v) is 3.12. The lowest BCUT2D eigenvalue weighted by atomic mass is 10.1. The monoisotopic (exact) mass is 300 g/mol. The largest absolute Gasteiger partial charge is 0.459 e. The van der Waals surface area contributed by atoms with Crippen LogP contribution in [0.15, 0.2) is 36.2 Å². The normalized spacial score (nSPS) is 17.5. The standard InChI is InChI=1S/C18H24N2O2/c1-14(2)22-18(21)16-8-6-15(7-9-16)13-20-12-4-11-19-10-3-5-17(19)20/h5-9,14H,3-4,10-13H2,1-2H3. The molecule has 0 spiro atoms. The van der Waals surface area contributed by atoms with Crippen molar-refractivity contribution in [1.82, 2.24) is 9.80 Å². The Labute approximate surface area is 132 Å². The molecule has 0 bridgehead atoms. The molecule has 2 aliphatic rings. The minimum absolute atomic E-state index is 0.0826. The molecule has 0 saturated carbocycles. The molecule has 22 heavy (non-hydrogen) atoms. The molecule has 0 amide bonds. The van der Waals surface area contributed by atoms with Gasteiger partial charge in [0.15, 0.2) is 0 Å². The zero-order chi connectivity index (χ0) is 15.5. The highest BCUT2D eigenvalue weighted by Crippen LogP contribution is 2.25. The van der Waals surface area contributed by atoms with Crippen LogP contribution in [-0.2, 0) is 11.3 Å². The number of rotatable bonds is 4. The molecule has 4 heteroatoms. The Balaban J connectivity index is 1.65. The van der Waals surface area contributed by atoms with Crippen LogP contribution in [-0.4, -0.2) is 41.5 Å². The van der Waals surface area contributed by atoms with Gasteiger partial charge >= 0.3 is 5.97 Å². The van der Waals surface area contributed by atoms with Crippen LogP contribution < -0.4 is 0 Å². The molecule has 0 unspecified atom stereocenters. The summed E-state index contributed by atoms with van der Waals surface area (Å²) in [7, 11) is 0. The number of carbonyl (C=O) groups excluding carboxylic acids is 1. The first-order chi connectivity index (χ1) is 10.6. The molecule has 4 nitrogen and oxygen atoms in total. The Bertz CT molecular complexity index is 563. The smallest absolute Gasteiger partial charge is 0.338 e. The fraction of sp³-hybridized carbons (Fsp3) is 0.500. The van der Waals surface area contributed by atoms with Gasteiger partial charge in [0.2, 0.25) is 0 Å². The number of ether oxygens (including phenoxy) is 1. The van der Waals surface area contributed by atoms with Gasteiger partial charge in [0, 0.05) is 26.2 Å². The third-order valence-electron chi connectivity index (χ3n) is 4.14. The number of hydrogen-bond donors (Lipinski definition) is 0. The van der Waals surface area contributed by atoms with E-state index >= 15 is 0 Å². The minimum atomic E-state index is -0.246. The first-order valence-corrected chi connectivity index (χ1v) is 8.13. The second kappa shape index (κ2) is 6.42. The van der Waals surface area contributed by atoms with Gasteiger partial charge in [-0.05, 0) is 50.5 Å². The van der Waals surface area contributed by atoms with E-state index in [2.05, 4.69) is 15.9 Å². The minimum Gasteiger partial charge on any atom is -0.459 e. The maximum absolute atomic E-state index is 11.9. The second-order valence-corrected chi connectivity index (χ2v) is 6.26. The van der Waals surface area contributed by atoms with Gasteiger partial charge < -0.3 is 14.5 Å². The zero-order valence-corrected chi connectivity index (χ0v) is 13.4. The average molecular weight is 300 g/mol. The van der Waals surface area contributed by atoms with Crippen molar-refractivity contribution in [3.05, 3.63) is 47.3 Å². The number of nitrogens with zero attached hydrogens (tertiary/aromatic N) is 2. The third-order valence-corrected chi connectivity index (χ3v) is 4.14. The van der Waals surface area contributed by atoms with E-state index < -0.39 is 0 Å². The van der Waals surface area contributed by atoms with E-state index in [-0.39, 0.29) is 12.1 Å². The second-order valence-electron chi connectivity index (χ2n) is 6.26. The van der Waals surface area contributed by atoms with Crippen LogP contribution in [0.1, 0.15) is 42.6 Å². The maximum Gasteiger partial charge on any atom is 0.338 e. The molecule has 1 fully saturated rings. The number of carbonyl (C=O) groups is 1. The summed E-state index contributed by atoms with van der Waals surface area (Å²) in [4.78, 5) is 16.8. The van der Waals surface area contributed by atoms with Crippen LogP contribution in [0, 0.1) is 0 Å². The number of benzene rings is 1. The van der Waals surface area contributed by atoms with Crippen LogP contribution in [0.4, 0.5) is 0 Å². The summed E-state index contributed by atoms with van der Waals surface area (Å²) in [5.74, 6) is 1.14. The molecule has 118 valence electrons. The molecule has 2 aliphatic heterocycles. The predicted molar refractivity (Wildman–Crippen MR) is 86.3 cm³/mol. The summed E-state index contributed by atoms with van der Waals surface area (Å²) >= 11 is 0. The number of hydrogen-bond acceptors (Lipinski definition) is 4. The SMILES string of the molecule is CC(C)OC(=O)c1ccc(CN2CCCN3CCC=C32)cc1. The van der Waals surface area contributed by atoms with Crippen LogP contribution in [0.5, 0.6) is 0 Å². The van der Waals surface area contributed by atoms with E-state index in [4.69, 9.17) is 4.74 Å². The summed E-state index contributed by atoms with van der Waals surface area (Å²) in [5, 5.41) is 0. The Morgan fingerprint density at radius 1 is 1.18 bits per heavy atom. The summed E-state index contributed by atoms with van der Waals surface area (Å²) in [6, 6.07) is 7.80. The lowest BCUT2D eigenvalue weighted by molar-refractivity contribution is 0.0378. The Kier molecular flexibility index (Phi) is 4.36. The summed E-state index contributed by atoms with van der Waals surface area (Å²) in [6.07, 6.45) is 4.64. The van der Waals surface area contributed by atoms with Gasteiger partial charge in [0.1, 0.15) is 5.82 Å². The van der Waals surface area contributed by atoms with E-state index in [9.17, 15) is 4.79 Å². The van der Waals surface area contributed by atoms with Crippen LogP contribution in [0.2, 0.25) is 0 Å². The van der Waals surface area contributed by atoms with E-state index in [1.807, 2.05) is 38.1 Å². The van der Waals surface area contributed by atoms with Gasteiger partial charge in [0.05, 0.1) is 11.7 Å². The van der Waals surface area contributed by atoms with Gasteiger partial charge in [-0.25, -0.2) is 4.79 Å². The topological polar surface area (TPSA) is 32.8 Å². The molecular formula is C18H24N2O2. The maximum atomic E-state index is 11.9. The summed E-state index contributed by atoms with van der Waals surface area (Å²) in [6.45, 7) is 8.09. The van der Waals surface area contributed by atoms with Crippen molar-refractivity contribution in [1.29, 1.82) is 0 Å². The van der Waals surface area contributed by atoms with Gasteiger partial charge in [-0.15, -0.1) is 0 Å². The van der Waals surface area contributed by atoms with E-state index in [0.717, 1.165) is 26.1 Å². The lowest BCUT2D eigenvalue weighted by Gasteiger charge is -2.38. The van der Waals surface area contributed by atoms with Crippen molar-refractivity contribution in [3.8, 4) is 0 Å². The zero-order valence-electron chi connectivity index (χ0n) is 13.4. The first kappa shape index (κ1) is 14.9. The van der Waals surface area contributed by atoms with Crippen molar-refractivity contribution < 1.29 is 9.53 Å². The summed E-state index contributed by atoms with van der Waals surface area (Å²) < 4.78 is 5.22. The molecule has 0 radical (unpaired) electrons. The molecule has 1 aromatic carbocycles. The highest BCUT2D eigenvalue weighted by atomic mass is 16.5. The van der Waals surface area contributed by atoms with Crippen molar-refractivity contribution in [2.24, 2.45) is 0 Å². The van der Waals surface area contributed by atoms with E-state index in [1.54, 1.807) is 0 Å². The van der Waals surface area contributed by atoms with Crippen LogP contribution >= 0.6 is 0 Å². The van der Waals surface area contributed by atoms with Gasteiger partial charge in [0.25, 0.3) is 0 Å². The van der Waals surface area contributed by atoms with Gasteiger partial charge in [-0.3, -0.25) is 0 Å². The van der Waals surface area contributed by atoms with Gasteiger partial charge in [-0.2, -0.15) is 0 Å². The van der Waals surface area contributed by atoms with Crippen molar-refractivity contribution in [2.45, 2.75) is 39.3 Å². The molecule has 3 rings (SSSR count). The average Bonchev–Trinajstić information content (AvgIpc) is 2.97. The van der Waals surface area contributed by atoms with Crippen LogP contribution in [0.25, 0.3) is 0 Å². The fourth-order valence-electron chi connectivity index (χ4n) is 3.12. The molecule has 0 aromatic heterocycles.